The normalized spacial score (nSPS) is 17.7. The number of aliphatic carboxylic acids is 1. The minimum Gasteiger partial charge on any atom is -0.481 e. The SMILES string of the molecule is CCCC#Cc1ccc([C@H]2NC(=O)N(c3cccc(C(F)(F)F)c3)C3=C2C(=O)N(CCCCN(CCCC(=O)O)CCCN2CC4=C(C2=O)[C@@H](c2ccc(C#N)cc2)NC(=O)N4c2cccc(C(F)(F)F)c2)C3)cc1. The van der Waals surface area contributed by atoms with Gasteiger partial charge in [0.25, 0.3) is 11.8 Å². The van der Waals surface area contributed by atoms with Crippen LogP contribution in [0.15, 0.2) is 120 Å². The lowest BCUT2D eigenvalue weighted by molar-refractivity contribution is -0.138. The van der Waals surface area contributed by atoms with Crippen LogP contribution in [-0.4, -0.2) is 95.5 Å². The summed E-state index contributed by atoms with van der Waals surface area (Å²) < 4.78 is 83.2. The first-order valence-corrected chi connectivity index (χ1v) is 24.5. The second-order valence-electron chi connectivity index (χ2n) is 18.5. The van der Waals surface area contributed by atoms with Crippen LogP contribution in [0.2, 0.25) is 0 Å². The average molecular weight is 1040 g/mol. The standard InChI is InChI=1S/C55H52F6N8O6/c1-2-3-4-11-35-17-21-37(22-18-35)48-46-43(68(52(74)63-48)41-14-7-12-39(30-41)54(56,57)58)33-66(50(46)72)28-6-5-25-65(26-9-16-45(70)71)27-10-29-67-34-44-47(51(67)73)49(38-23-19-36(32-62)20-24-38)64-53(75)69(44)42-15-8-13-40(31-42)55(59,60)61/h7-8,12-15,17-24,30-31,48-49H,2-3,5-6,9-10,16,25-29,33-34H2,1H3,(H,63,74)(H,64,75)(H,70,71)/t48-,49-/m1/s1. The van der Waals surface area contributed by atoms with E-state index in [1.165, 1.54) is 41.3 Å². The molecular formula is C55H52F6N8O6. The molecule has 4 aliphatic rings. The van der Waals surface area contributed by atoms with E-state index in [0.29, 0.717) is 68.4 Å². The van der Waals surface area contributed by atoms with Crippen molar-refractivity contribution in [3.05, 3.63) is 153 Å². The largest absolute Gasteiger partial charge is 0.481 e. The first-order chi connectivity index (χ1) is 35.9. The van der Waals surface area contributed by atoms with Crippen LogP contribution in [-0.2, 0) is 26.7 Å². The van der Waals surface area contributed by atoms with Crippen molar-refractivity contribution in [2.45, 2.75) is 76.3 Å². The van der Waals surface area contributed by atoms with E-state index in [1.807, 2.05) is 17.9 Å². The Hall–Kier alpha value is -8.10. The summed E-state index contributed by atoms with van der Waals surface area (Å²) in [5, 5.41) is 24.4. The van der Waals surface area contributed by atoms with Crippen molar-refractivity contribution >= 4 is 41.2 Å². The number of anilines is 2. The summed E-state index contributed by atoms with van der Waals surface area (Å²) in [4.78, 5) is 75.3. The van der Waals surface area contributed by atoms with Crippen LogP contribution in [0.3, 0.4) is 0 Å². The molecule has 0 fully saturated rings. The number of unbranched alkanes of at least 4 members (excludes halogenated alkanes) is 2. The van der Waals surface area contributed by atoms with E-state index in [0.717, 1.165) is 46.0 Å². The highest BCUT2D eigenvalue weighted by Crippen LogP contribution is 2.42. The maximum absolute atomic E-state index is 14.4. The first kappa shape index (κ1) is 53.2. The maximum atomic E-state index is 14.4. The zero-order valence-corrected chi connectivity index (χ0v) is 40.7. The highest BCUT2D eigenvalue weighted by Gasteiger charge is 2.47. The van der Waals surface area contributed by atoms with Crippen molar-refractivity contribution in [3.8, 4) is 17.9 Å². The molecule has 75 heavy (non-hydrogen) atoms. The molecule has 0 saturated carbocycles. The molecule has 0 bridgehead atoms. The Labute approximate surface area is 428 Å². The highest BCUT2D eigenvalue weighted by molar-refractivity contribution is 6.08. The Morgan fingerprint density at radius 3 is 1.60 bits per heavy atom. The van der Waals surface area contributed by atoms with Crippen molar-refractivity contribution in [2.75, 3.05) is 55.6 Å². The summed E-state index contributed by atoms with van der Waals surface area (Å²) in [6, 6.07) is 20.6. The monoisotopic (exact) mass is 1030 g/mol. The van der Waals surface area contributed by atoms with Crippen LogP contribution in [0.4, 0.5) is 47.3 Å². The Balaban J connectivity index is 0.955. The summed E-state index contributed by atoms with van der Waals surface area (Å²) in [7, 11) is 0. The van der Waals surface area contributed by atoms with E-state index in [1.54, 1.807) is 41.3 Å². The van der Waals surface area contributed by atoms with Crippen molar-refractivity contribution in [1.29, 1.82) is 5.26 Å². The number of carbonyl (C=O) groups excluding carboxylic acids is 4. The number of hydrogen-bond acceptors (Lipinski definition) is 7. The van der Waals surface area contributed by atoms with Gasteiger partial charge >= 0.3 is 30.4 Å². The fraction of sp³-hybridized carbons (Fsp3) is 0.345. The van der Waals surface area contributed by atoms with Gasteiger partial charge in [-0.25, -0.2) is 9.59 Å². The summed E-state index contributed by atoms with van der Waals surface area (Å²) in [5.41, 5.74) is 0.909. The number of halogens is 6. The number of carboxylic acids is 1. The van der Waals surface area contributed by atoms with E-state index in [9.17, 15) is 60.7 Å². The number of urea groups is 2. The molecule has 4 aromatic carbocycles. The van der Waals surface area contributed by atoms with Crippen LogP contribution in [0.25, 0.3) is 0 Å². The lowest BCUT2D eigenvalue weighted by Crippen LogP contribution is -2.47. The molecule has 3 N–H and O–H groups in total. The molecule has 4 heterocycles. The third-order valence-corrected chi connectivity index (χ3v) is 13.4. The van der Waals surface area contributed by atoms with Gasteiger partial charge in [0, 0.05) is 31.5 Å². The predicted octanol–water partition coefficient (Wildman–Crippen LogP) is 9.52. The number of carboxylic acid groups (broad SMARTS) is 1. The number of alkyl halides is 6. The van der Waals surface area contributed by atoms with Crippen LogP contribution in [0, 0.1) is 23.2 Å². The second kappa shape index (κ2) is 22.6. The van der Waals surface area contributed by atoms with Crippen molar-refractivity contribution in [2.24, 2.45) is 0 Å². The average Bonchev–Trinajstić information content (AvgIpc) is 3.88. The number of hydrogen-bond donors (Lipinski definition) is 3. The van der Waals surface area contributed by atoms with Gasteiger partial charge in [-0.15, -0.1) is 0 Å². The van der Waals surface area contributed by atoms with E-state index < -0.39 is 65.4 Å². The molecule has 0 saturated heterocycles. The fourth-order valence-electron chi connectivity index (χ4n) is 9.75. The molecule has 0 unspecified atom stereocenters. The van der Waals surface area contributed by atoms with Crippen molar-refractivity contribution in [1.82, 2.24) is 25.3 Å². The van der Waals surface area contributed by atoms with Crippen LogP contribution >= 0.6 is 0 Å². The molecule has 4 aromatic rings. The molecule has 4 aliphatic heterocycles. The van der Waals surface area contributed by atoms with Gasteiger partial charge in [0.15, 0.2) is 0 Å². The number of amides is 6. The Bertz CT molecular complexity index is 3030. The number of benzene rings is 4. The van der Waals surface area contributed by atoms with Gasteiger partial charge in [0.2, 0.25) is 0 Å². The molecule has 0 radical (unpaired) electrons. The predicted molar refractivity (Wildman–Crippen MR) is 264 cm³/mol. The summed E-state index contributed by atoms with van der Waals surface area (Å²) in [5.74, 6) is 4.34. The zero-order valence-electron chi connectivity index (χ0n) is 40.7. The van der Waals surface area contributed by atoms with Gasteiger partial charge in [-0.1, -0.05) is 55.2 Å². The van der Waals surface area contributed by atoms with E-state index in [-0.39, 0.29) is 66.5 Å². The van der Waals surface area contributed by atoms with E-state index in [4.69, 9.17) is 0 Å². The Kier molecular flexibility index (Phi) is 16.0. The second-order valence-corrected chi connectivity index (χ2v) is 18.5. The zero-order chi connectivity index (χ0) is 53.6. The third-order valence-electron chi connectivity index (χ3n) is 13.4. The van der Waals surface area contributed by atoms with E-state index >= 15 is 0 Å². The van der Waals surface area contributed by atoms with E-state index in [2.05, 4.69) is 22.5 Å². The van der Waals surface area contributed by atoms with Gasteiger partial charge in [0.1, 0.15) is 0 Å². The molecule has 6 amide bonds. The summed E-state index contributed by atoms with van der Waals surface area (Å²) >= 11 is 0. The topological polar surface area (TPSA) is 170 Å². The van der Waals surface area contributed by atoms with Gasteiger partial charge < -0.3 is 30.4 Å². The third kappa shape index (κ3) is 12.0. The van der Waals surface area contributed by atoms with Crippen LogP contribution in [0.1, 0.15) is 97.3 Å². The number of nitrogens with zero attached hydrogens (tertiary/aromatic N) is 6. The number of carbonyl (C=O) groups is 5. The number of rotatable bonds is 18. The molecule has 0 aliphatic carbocycles. The van der Waals surface area contributed by atoms with Gasteiger partial charge in [-0.2, -0.15) is 31.6 Å². The van der Waals surface area contributed by atoms with Crippen molar-refractivity contribution in [3.63, 3.8) is 0 Å². The molecule has 14 nitrogen and oxygen atoms in total. The highest BCUT2D eigenvalue weighted by atomic mass is 19.4. The Morgan fingerprint density at radius 2 is 1.13 bits per heavy atom. The lowest BCUT2D eigenvalue weighted by Gasteiger charge is -2.34. The van der Waals surface area contributed by atoms with Crippen molar-refractivity contribution < 1.29 is 55.4 Å². The minimum absolute atomic E-state index is 0.0580. The minimum atomic E-state index is -4.71. The Morgan fingerprint density at radius 1 is 0.667 bits per heavy atom. The number of nitriles is 1. The van der Waals surface area contributed by atoms with Gasteiger partial charge in [-0.3, -0.25) is 24.2 Å². The lowest BCUT2D eigenvalue weighted by atomic mass is 9.94. The smallest absolute Gasteiger partial charge is 0.416 e. The van der Waals surface area contributed by atoms with Gasteiger partial charge in [0.05, 0.1) is 81.8 Å². The molecule has 390 valence electrons. The first-order valence-electron chi connectivity index (χ1n) is 24.5. The molecular weight excluding hydrogens is 983 g/mol. The molecule has 0 aromatic heterocycles. The fourth-order valence-corrected chi connectivity index (χ4v) is 9.75. The van der Waals surface area contributed by atoms with Crippen LogP contribution in [0.5, 0.6) is 0 Å². The summed E-state index contributed by atoms with van der Waals surface area (Å²) in [6.07, 6.45) is -6.25. The van der Waals surface area contributed by atoms with Gasteiger partial charge in [-0.05, 0) is 124 Å². The molecule has 0 spiro atoms. The van der Waals surface area contributed by atoms with Crippen LogP contribution < -0.4 is 20.4 Å². The number of nitrogens with one attached hydrogen (secondary N) is 2. The summed E-state index contributed by atoms with van der Waals surface area (Å²) in [6.45, 7) is 3.46. The molecule has 8 rings (SSSR count). The maximum Gasteiger partial charge on any atom is 0.416 e. The molecule has 20 heteroatoms. The quantitative estimate of drug-likeness (QED) is 0.0503. The molecule has 2 atom stereocenters.